The monoisotopic (exact) mass is 412 g/mol. The van der Waals surface area contributed by atoms with Crippen molar-refractivity contribution in [1.82, 2.24) is 9.55 Å². The number of hydrogen-bond acceptors (Lipinski definition) is 4. The minimum Gasteiger partial charge on any atom is -0.461 e. The maximum absolute atomic E-state index is 13.2. The molecule has 0 bridgehead atoms. The molecule has 4 aromatic rings. The number of benzene rings is 3. The maximum atomic E-state index is 13.2. The molecule has 0 aliphatic heterocycles. The van der Waals surface area contributed by atoms with Gasteiger partial charge in [-0.15, -0.1) is 0 Å². The summed E-state index contributed by atoms with van der Waals surface area (Å²) >= 11 is 0. The van der Waals surface area contributed by atoms with E-state index in [4.69, 9.17) is 9.72 Å². The van der Waals surface area contributed by atoms with Crippen molar-refractivity contribution in [1.29, 1.82) is 0 Å². The number of ether oxygens (including phenoxy) is 1. The molecule has 5 nitrogen and oxygen atoms in total. The lowest BCUT2D eigenvalue weighted by atomic mass is 10.1. The predicted octanol–water partition coefficient (Wildman–Crippen LogP) is 4.68. The van der Waals surface area contributed by atoms with E-state index >= 15 is 0 Å². The molecule has 1 aromatic heterocycles. The van der Waals surface area contributed by atoms with Crippen molar-refractivity contribution in [2.45, 2.75) is 33.3 Å². The Labute approximate surface area is 181 Å². The molecule has 31 heavy (non-hydrogen) atoms. The second-order valence-corrected chi connectivity index (χ2v) is 7.67. The van der Waals surface area contributed by atoms with Gasteiger partial charge in [-0.25, -0.2) is 4.98 Å². The molecule has 0 spiro atoms. The van der Waals surface area contributed by atoms with Gasteiger partial charge < -0.3 is 4.74 Å². The molecule has 0 saturated carbocycles. The van der Waals surface area contributed by atoms with E-state index in [1.54, 1.807) is 10.6 Å². The molecule has 0 radical (unpaired) electrons. The number of para-hydroxylation sites is 1. The van der Waals surface area contributed by atoms with E-state index in [1.165, 1.54) is 0 Å². The predicted molar refractivity (Wildman–Crippen MR) is 121 cm³/mol. The van der Waals surface area contributed by atoms with Gasteiger partial charge in [0.05, 0.1) is 23.0 Å². The fraction of sp³-hybridized carbons (Fsp3) is 0.192. The molecule has 1 heterocycles. The molecular formula is C26H24N2O3. The van der Waals surface area contributed by atoms with Crippen molar-refractivity contribution >= 4 is 16.9 Å². The van der Waals surface area contributed by atoms with Crippen LogP contribution in [0.4, 0.5) is 0 Å². The third kappa shape index (κ3) is 4.72. The second kappa shape index (κ2) is 8.96. The Morgan fingerprint density at radius 3 is 2.48 bits per heavy atom. The standard InChI is InChI=1S/C26H24N2O3/c1-18-10-12-21(13-11-18)28-24(27-23-9-4-3-8-22(23)26(28)30)14-15-25(29)31-17-20-7-5-6-19(2)16-20/h3-13,16H,14-15,17H2,1-2H3. The molecular weight excluding hydrogens is 388 g/mol. The Hall–Kier alpha value is -3.73. The lowest BCUT2D eigenvalue weighted by Gasteiger charge is -2.14. The largest absolute Gasteiger partial charge is 0.461 e. The highest BCUT2D eigenvalue weighted by atomic mass is 16.5. The summed E-state index contributed by atoms with van der Waals surface area (Å²) in [5.74, 6) is 0.222. The third-order valence-corrected chi connectivity index (χ3v) is 5.17. The zero-order chi connectivity index (χ0) is 21.8. The van der Waals surface area contributed by atoms with Gasteiger partial charge >= 0.3 is 5.97 Å². The minimum atomic E-state index is -0.320. The molecule has 0 unspecified atom stereocenters. The van der Waals surface area contributed by atoms with E-state index in [0.29, 0.717) is 23.1 Å². The number of hydrogen-bond donors (Lipinski definition) is 0. The van der Waals surface area contributed by atoms with Gasteiger partial charge in [-0.2, -0.15) is 0 Å². The molecule has 0 saturated heterocycles. The number of carbonyl (C=O) groups is 1. The number of rotatable bonds is 6. The summed E-state index contributed by atoms with van der Waals surface area (Å²) < 4.78 is 7.02. The molecule has 5 heteroatoms. The molecule has 0 fully saturated rings. The van der Waals surface area contributed by atoms with Crippen LogP contribution in [-0.4, -0.2) is 15.5 Å². The SMILES string of the molecule is Cc1ccc(-n2c(CCC(=O)OCc3cccc(C)c3)nc3ccccc3c2=O)cc1. The first-order valence-corrected chi connectivity index (χ1v) is 10.3. The molecule has 4 rings (SSSR count). The quantitative estimate of drug-likeness (QED) is 0.432. The van der Waals surface area contributed by atoms with Crippen molar-refractivity contribution in [3.63, 3.8) is 0 Å². The van der Waals surface area contributed by atoms with Crippen LogP contribution in [0.15, 0.2) is 77.6 Å². The number of carbonyl (C=O) groups excluding carboxylic acids is 1. The lowest BCUT2D eigenvalue weighted by Crippen LogP contribution is -2.24. The van der Waals surface area contributed by atoms with E-state index in [0.717, 1.165) is 22.4 Å². The van der Waals surface area contributed by atoms with Crippen LogP contribution < -0.4 is 5.56 Å². The first-order chi connectivity index (χ1) is 15.0. The van der Waals surface area contributed by atoms with Gasteiger partial charge in [0.25, 0.3) is 5.56 Å². The third-order valence-electron chi connectivity index (χ3n) is 5.17. The van der Waals surface area contributed by atoms with Crippen LogP contribution in [0.5, 0.6) is 0 Å². The maximum Gasteiger partial charge on any atom is 0.306 e. The average Bonchev–Trinajstić information content (AvgIpc) is 2.77. The number of aryl methyl sites for hydroxylation is 3. The topological polar surface area (TPSA) is 61.2 Å². The Kier molecular flexibility index (Phi) is 5.94. The summed E-state index contributed by atoms with van der Waals surface area (Å²) in [6, 6.07) is 22.8. The van der Waals surface area contributed by atoms with Crippen molar-refractivity contribution in [3.8, 4) is 5.69 Å². The smallest absolute Gasteiger partial charge is 0.306 e. The van der Waals surface area contributed by atoms with Crippen LogP contribution in [0.1, 0.15) is 28.9 Å². The molecule has 0 atom stereocenters. The highest BCUT2D eigenvalue weighted by Crippen LogP contribution is 2.15. The Morgan fingerprint density at radius 2 is 1.71 bits per heavy atom. The summed E-state index contributed by atoms with van der Waals surface area (Å²) in [5, 5.41) is 0.550. The van der Waals surface area contributed by atoms with E-state index in [1.807, 2.05) is 80.6 Å². The van der Waals surface area contributed by atoms with Crippen molar-refractivity contribution in [2.75, 3.05) is 0 Å². The number of fused-ring (bicyclic) bond motifs is 1. The number of esters is 1. The molecule has 0 aliphatic rings. The van der Waals surface area contributed by atoms with Gasteiger partial charge in [0, 0.05) is 6.42 Å². The lowest BCUT2D eigenvalue weighted by molar-refractivity contribution is -0.144. The van der Waals surface area contributed by atoms with Crippen molar-refractivity contribution in [3.05, 3.63) is 106 Å². The van der Waals surface area contributed by atoms with Gasteiger partial charge in [-0.3, -0.25) is 14.2 Å². The fourth-order valence-corrected chi connectivity index (χ4v) is 3.56. The van der Waals surface area contributed by atoms with Gasteiger partial charge in [0.1, 0.15) is 12.4 Å². The molecule has 0 aliphatic carbocycles. The van der Waals surface area contributed by atoms with Crippen molar-refractivity contribution < 1.29 is 9.53 Å². The highest BCUT2D eigenvalue weighted by Gasteiger charge is 2.14. The first kappa shape index (κ1) is 20.5. The molecule has 156 valence electrons. The van der Waals surface area contributed by atoms with Crippen molar-refractivity contribution in [2.24, 2.45) is 0 Å². The van der Waals surface area contributed by atoms with Crippen LogP contribution >= 0.6 is 0 Å². The zero-order valence-corrected chi connectivity index (χ0v) is 17.7. The molecule has 0 N–H and O–H groups in total. The second-order valence-electron chi connectivity index (χ2n) is 7.67. The van der Waals surface area contributed by atoms with Crippen LogP contribution in [0, 0.1) is 13.8 Å². The summed E-state index contributed by atoms with van der Waals surface area (Å²) in [4.78, 5) is 30.3. The van der Waals surface area contributed by atoms with Crippen LogP contribution in [0.2, 0.25) is 0 Å². The van der Waals surface area contributed by atoms with Gasteiger partial charge in [0.15, 0.2) is 0 Å². The van der Waals surface area contributed by atoms with Crippen LogP contribution in [-0.2, 0) is 22.6 Å². The van der Waals surface area contributed by atoms with E-state index in [9.17, 15) is 9.59 Å². The number of nitrogens with zero attached hydrogens (tertiary/aromatic N) is 2. The Balaban J connectivity index is 1.59. The van der Waals surface area contributed by atoms with Crippen LogP contribution in [0.3, 0.4) is 0 Å². The zero-order valence-electron chi connectivity index (χ0n) is 17.7. The Morgan fingerprint density at radius 1 is 0.935 bits per heavy atom. The fourth-order valence-electron chi connectivity index (χ4n) is 3.56. The summed E-state index contributed by atoms with van der Waals surface area (Å²) in [6.45, 7) is 4.23. The van der Waals surface area contributed by atoms with E-state index in [-0.39, 0.29) is 24.6 Å². The minimum absolute atomic E-state index is 0.141. The number of aromatic nitrogens is 2. The summed E-state index contributed by atoms with van der Waals surface area (Å²) in [7, 11) is 0. The Bertz CT molecular complexity index is 1290. The summed E-state index contributed by atoms with van der Waals surface area (Å²) in [6.07, 6.45) is 0.447. The van der Waals surface area contributed by atoms with E-state index < -0.39 is 0 Å². The first-order valence-electron chi connectivity index (χ1n) is 10.3. The normalized spacial score (nSPS) is 10.9. The average molecular weight is 412 g/mol. The summed E-state index contributed by atoms with van der Waals surface area (Å²) in [5.41, 5.74) is 4.39. The van der Waals surface area contributed by atoms with Crippen LogP contribution in [0.25, 0.3) is 16.6 Å². The highest BCUT2D eigenvalue weighted by molar-refractivity contribution is 5.78. The van der Waals surface area contributed by atoms with E-state index in [2.05, 4.69) is 0 Å². The van der Waals surface area contributed by atoms with Gasteiger partial charge in [-0.1, -0.05) is 59.7 Å². The molecule has 3 aromatic carbocycles. The van der Waals surface area contributed by atoms with Gasteiger partial charge in [-0.05, 0) is 43.7 Å². The molecule has 0 amide bonds. The van der Waals surface area contributed by atoms with Gasteiger partial charge in [0.2, 0.25) is 0 Å².